The summed E-state index contributed by atoms with van der Waals surface area (Å²) in [5, 5.41) is 9.24. The van der Waals surface area contributed by atoms with Crippen LogP contribution in [0.4, 0.5) is 11.6 Å². The fourth-order valence-corrected chi connectivity index (χ4v) is 4.23. The van der Waals surface area contributed by atoms with Crippen LogP contribution in [0, 0.1) is 13.8 Å². The molecule has 0 bridgehead atoms. The first kappa shape index (κ1) is 21.4. The SMILES string of the molecule is Cc1c(CC2=CCCC=N2)nnc(N2CCN(c3cnc(C(C)C)cn3)[C@H](C)C2)c1C. The lowest BCUT2D eigenvalue weighted by Crippen LogP contribution is -2.53. The summed E-state index contributed by atoms with van der Waals surface area (Å²) in [6, 6.07) is 0.316. The Balaban J connectivity index is 1.46. The van der Waals surface area contributed by atoms with Crippen LogP contribution in [-0.2, 0) is 6.42 Å². The molecular formula is C24H33N7. The van der Waals surface area contributed by atoms with Crippen molar-refractivity contribution in [3.8, 4) is 0 Å². The van der Waals surface area contributed by atoms with E-state index in [2.05, 4.69) is 75.7 Å². The van der Waals surface area contributed by atoms with Crippen LogP contribution in [0.15, 0.2) is 29.2 Å². The highest BCUT2D eigenvalue weighted by molar-refractivity contribution is 5.61. The summed E-state index contributed by atoms with van der Waals surface area (Å²) in [5.74, 6) is 2.34. The van der Waals surface area contributed by atoms with Crippen LogP contribution in [-0.4, -0.2) is 52.1 Å². The van der Waals surface area contributed by atoms with Crippen LogP contribution >= 0.6 is 0 Å². The van der Waals surface area contributed by atoms with Crippen molar-refractivity contribution in [1.29, 1.82) is 0 Å². The number of aliphatic imine (C=N–C) groups is 1. The summed E-state index contributed by atoms with van der Waals surface area (Å²) in [6.07, 6.45) is 10.9. The van der Waals surface area contributed by atoms with Crippen molar-refractivity contribution in [3.63, 3.8) is 0 Å². The minimum absolute atomic E-state index is 0.316. The van der Waals surface area contributed by atoms with Gasteiger partial charge in [0.2, 0.25) is 0 Å². The lowest BCUT2D eigenvalue weighted by molar-refractivity contribution is 0.538. The van der Waals surface area contributed by atoms with Crippen molar-refractivity contribution >= 4 is 17.9 Å². The minimum atomic E-state index is 0.316. The number of piperazine rings is 1. The van der Waals surface area contributed by atoms with Gasteiger partial charge in [-0.3, -0.25) is 9.98 Å². The zero-order valence-electron chi connectivity index (χ0n) is 19.3. The summed E-state index contributed by atoms with van der Waals surface area (Å²) >= 11 is 0. The van der Waals surface area contributed by atoms with E-state index in [9.17, 15) is 0 Å². The molecule has 0 spiro atoms. The lowest BCUT2D eigenvalue weighted by Gasteiger charge is -2.41. The molecule has 0 amide bonds. The fourth-order valence-electron chi connectivity index (χ4n) is 4.23. The highest BCUT2D eigenvalue weighted by atomic mass is 15.3. The molecule has 7 nitrogen and oxygen atoms in total. The van der Waals surface area contributed by atoms with Gasteiger partial charge in [-0.1, -0.05) is 19.9 Å². The van der Waals surface area contributed by atoms with Crippen LogP contribution in [0.25, 0.3) is 0 Å². The molecule has 0 saturated carbocycles. The topological polar surface area (TPSA) is 70.4 Å². The number of hydrogen-bond acceptors (Lipinski definition) is 7. The third-order valence-electron chi connectivity index (χ3n) is 6.35. The second-order valence-electron chi connectivity index (χ2n) is 8.92. The lowest BCUT2D eigenvalue weighted by atomic mass is 10.0. The van der Waals surface area contributed by atoms with Gasteiger partial charge in [-0.05, 0) is 50.7 Å². The van der Waals surface area contributed by atoms with Crippen molar-refractivity contribution in [2.45, 2.75) is 65.8 Å². The monoisotopic (exact) mass is 419 g/mol. The largest absolute Gasteiger partial charge is 0.351 e. The molecule has 1 saturated heterocycles. The van der Waals surface area contributed by atoms with Gasteiger partial charge >= 0.3 is 0 Å². The minimum Gasteiger partial charge on any atom is -0.351 e. The molecule has 0 aliphatic carbocycles. The number of allylic oxidation sites excluding steroid dienone is 2. The van der Waals surface area contributed by atoms with E-state index < -0.39 is 0 Å². The Morgan fingerprint density at radius 1 is 1.03 bits per heavy atom. The van der Waals surface area contributed by atoms with Crippen molar-refractivity contribution in [2.75, 3.05) is 29.4 Å². The van der Waals surface area contributed by atoms with Gasteiger partial charge in [-0.15, -0.1) is 5.10 Å². The van der Waals surface area contributed by atoms with E-state index in [-0.39, 0.29) is 0 Å². The van der Waals surface area contributed by atoms with E-state index in [0.29, 0.717) is 12.0 Å². The quantitative estimate of drug-likeness (QED) is 0.729. The molecule has 4 rings (SSSR count). The molecule has 2 aliphatic rings. The van der Waals surface area contributed by atoms with E-state index in [1.807, 2.05) is 18.6 Å². The van der Waals surface area contributed by atoms with Gasteiger partial charge in [0.25, 0.3) is 0 Å². The molecule has 2 aliphatic heterocycles. The Hall–Kier alpha value is -2.83. The molecule has 1 atom stereocenters. The third kappa shape index (κ3) is 4.60. The van der Waals surface area contributed by atoms with Gasteiger partial charge in [0.1, 0.15) is 5.82 Å². The first-order valence-corrected chi connectivity index (χ1v) is 11.3. The van der Waals surface area contributed by atoms with Crippen LogP contribution < -0.4 is 9.80 Å². The van der Waals surface area contributed by atoms with Crippen LogP contribution in [0.2, 0.25) is 0 Å². The number of nitrogens with zero attached hydrogens (tertiary/aromatic N) is 7. The van der Waals surface area contributed by atoms with Crippen LogP contribution in [0.3, 0.4) is 0 Å². The van der Waals surface area contributed by atoms with E-state index in [0.717, 1.165) is 67.6 Å². The van der Waals surface area contributed by atoms with E-state index in [4.69, 9.17) is 0 Å². The Labute approximate surface area is 185 Å². The normalized spacial score (nSPS) is 19.2. The molecule has 164 valence electrons. The predicted molar refractivity (Wildman–Crippen MR) is 126 cm³/mol. The van der Waals surface area contributed by atoms with E-state index in [1.54, 1.807) is 0 Å². The smallest absolute Gasteiger partial charge is 0.154 e. The summed E-state index contributed by atoms with van der Waals surface area (Å²) in [6.45, 7) is 13.5. The van der Waals surface area contributed by atoms with Gasteiger partial charge in [-0.25, -0.2) is 4.98 Å². The molecule has 2 aromatic heterocycles. The first-order chi connectivity index (χ1) is 14.9. The Bertz CT molecular complexity index is 978. The van der Waals surface area contributed by atoms with Crippen molar-refractivity contribution in [3.05, 3.63) is 46.7 Å². The molecular weight excluding hydrogens is 386 g/mol. The van der Waals surface area contributed by atoms with Gasteiger partial charge in [0.05, 0.1) is 23.8 Å². The maximum Gasteiger partial charge on any atom is 0.154 e. The van der Waals surface area contributed by atoms with Gasteiger partial charge in [0.15, 0.2) is 5.82 Å². The fraction of sp³-hybridized carbons (Fsp3) is 0.542. The van der Waals surface area contributed by atoms with Crippen molar-refractivity contribution < 1.29 is 0 Å². The molecule has 7 heteroatoms. The molecule has 2 aromatic rings. The molecule has 0 radical (unpaired) electrons. The van der Waals surface area contributed by atoms with Crippen molar-refractivity contribution in [1.82, 2.24) is 20.2 Å². The van der Waals surface area contributed by atoms with E-state index >= 15 is 0 Å². The number of rotatable bonds is 5. The summed E-state index contributed by atoms with van der Waals surface area (Å²) in [5.41, 5.74) is 5.59. The molecule has 1 fully saturated rings. The van der Waals surface area contributed by atoms with Crippen LogP contribution in [0.1, 0.15) is 62.0 Å². The first-order valence-electron chi connectivity index (χ1n) is 11.3. The zero-order valence-corrected chi connectivity index (χ0v) is 19.3. The highest BCUT2D eigenvalue weighted by Crippen LogP contribution is 2.27. The Morgan fingerprint density at radius 2 is 1.87 bits per heavy atom. The third-order valence-corrected chi connectivity index (χ3v) is 6.35. The highest BCUT2D eigenvalue weighted by Gasteiger charge is 2.27. The molecule has 0 unspecified atom stereocenters. The number of anilines is 2. The Morgan fingerprint density at radius 3 is 2.52 bits per heavy atom. The van der Waals surface area contributed by atoms with Crippen molar-refractivity contribution in [2.24, 2.45) is 4.99 Å². The van der Waals surface area contributed by atoms with Gasteiger partial charge < -0.3 is 9.80 Å². The average Bonchev–Trinajstić information content (AvgIpc) is 2.78. The maximum atomic E-state index is 4.67. The molecule has 4 heterocycles. The van der Waals surface area contributed by atoms with Crippen LogP contribution in [0.5, 0.6) is 0 Å². The molecule has 31 heavy (non-hydrogen) atoms. The summed E-state index contributed by atoms with van der Waals surface area (Å²) < 4.78 is 0. The Kier molecular flexibility index (Phi) is 6.30. The molecule has 0 aromatic carbocycles. The zero-order chi connectivity index (χ0) is 22.0. The van der Waals surface area contributed by atoms with Gasteiger partial charge in [0, 0.05) is 44.0 Å². The maximum absolute atomic E-state index is 4.67. The number of aromatic nitrogens is 4. The summed E-state index contributed by atoms with van der Waals surface area (Å²) in [7, 11) is 0. The van der Waals surface area contributed by atoms with E-state index in [1.165, 1.54) is 11.1 Å². The average molecular weight is 420 g/mol. The molecule has 0 N–H and O–H groups in total. The second-order valence-corrected chi connectivity index (χ2v) is 8.92. The second kappa shape index (κ2) is 9.12. The summed E-state index contributed by atoms with van der Waals surface area (Å²) in [4.78, 5) is 18.5. The predicted octanol–water partition coefficient (Wildman–Crippen LogP) is 4.01. The number of hydrogen-bond donors (Lipinski definition) is 0. The standard InChI is InChI=1S/C24H33N7/c1-16(2)22-13-27-23(14-26-22)31-11-10-30(15-17(31)3)24-19(5)18(4)21(28-29-24)12-20-8-6-7-9-25-20/h8-9,13-14,16-17H,6-7,10-12,15H2,1-5H3/t17-/m1/s1. The van der Waals surface area contributed by atoms with Gasteiger partial charge in [-0.2, -0.15) is 5.10 Å².